The summed E-state index contributed by atoms with van der Waals surface area (Å²) in [7, 11) is 0. The lowest BCUT2D eigenvalue weighted by molar-refractivity contribution is 0.556. The lowest BCUT2D eigenvalue weighted by atomic mass is 9.89. The van der Waals surface area contributed by atoms with Crippen molar-refractivity contribution in [1.82, 2.24) is 0 Å². The molecule has 0 heteroatoms. The second-order valence-corrected chi connectivity index (χ2v) is 5.18. The first-order valence-corrected chi connectivity index (χ1v) is 7.44. The average Bonchev–Trinajstić information content (AvgIpc) is 2.34. The monoisotopic (exact) mass is 221 g/mol. The van der Waals surface area contributed by atoms with Gasteiger partial charge in [0.2, 0.25) is 0 Å². The van der Waals surface area contributed by atoms with Gasteiger partial charge in [-0.3, -0.25) is 0 Å². The number of rotatable bonds is 8. The third-order valence-electron chi connectivity index (χ3n) is 3.57. The van der Waals surface area contributed by atoms with Gasteiger partial charge in [-0.1, -0.05) is 70.4 Å². The van der Waals surface area contributed by atoms with E-state index in [0.717, 1.165) is 0 Å². The molecule has 0 amide bonds. The summed E-state index contributed by atoms with van der Waals surface area (Å²) in [5.41, 5.74) is 0. The van der Waals surface area contributed by atoms with E-state index in [1.807, 2.05) is 0 Å². The van der Waals surface area contributed by atoms with Gasteiger partial charge in [-0.2, -0.15) is 0 Å². The predicted molar refractivity (Wildman–Crippen MR) is 73.5 cm³/mol. The maximum atomic E-state index is 2.42. The van der Waals surface area contributed by atoms with Crippen LogP contribution in [0.1, 0.15) is 84.0 Å². The van der Waals surface area contributed by atoms with Crippen LogP contribution in [0.25, 0.3) is 0 Å². The molecule has 0 saturated heterocycles. The van der Waals surface area contributed by atoms with Gasteiger partial charge >= 0.3 is 0 Å². The maximum absolute atomic E-state index is 2.42. The fourth-order valence-electron chi connectivity index (χ4n) is 2.47. The van der Waals surface area contributed by atoms with Crippen molar-refractivity contribution in [2.45, 2.75) is 84.0 Å². The summed E-state index contributed by atoms with van der Waals surface area (Å²) in [5.74, 6) is 1.71. The van der Waals surface area contributed by atoms with E-state index in [0.29, 0.717) is 0 Å². The second kappa shape index (κ2) is 9.93. The van der Waals surface area contributed by atoms with Gasteiger partial charge in [-0.05, 0) is 31.6 Å². The molecule has 1 rings (SSSR count). The molecule has 0 bridgehead atoms. The molecule has 16 heavy (non-hydrogen) atoms. The average molecular weight is 221 g/mol. The van der Waals surface area contributed by atoms with Crippen molar-refractivity contribution in [2.24, 2.45) is 0 Å². The molecule has 0 aromatic rings. The number of hydrogen-bond donors (Lipinski definition) is 0. The lowest BCUT2D eigenvalue weighted by Gasteiger charge is -2.16. The molecule has 0 unspecified atom stereocenters. The zero-order valence-corrected chi connectivity index (χ0v) is 11.1. The minimum Gasteiger partial charge on any atom is -0.0879 e. The van der Waals surface area contributed by atoms with Crippen LogP contribution in [-0.4, -0.2) is 0 Å². The molecule has 1 aliphatic rings. The third-order valence-corrected chi connectivity index (χ3v) is 3.57. The molecule has 0 aromatic carbocycles. The van der Waals surface area contributed by atoms with Crippen molar-refractivity contribution in [3.05, 3.63) is 18.1 Å². The fraction of sp³-hybridized carbons (Fsp3) is 0.812. The van der Waals surface area contributed by atoms with E-state index in [9.17, 15) is 0 Å². The topological polar surface area (TPSA) is 0 Å². The van der Waals surface area contributed by atoms with Crippen LogP contribution in [0.2, 0.25) is 0 Å². The molecule has 0 N–H and O–H groups in total. The first kappa shape index (κ1) is 13.8. The number of hydrogen-bond acceptors (Lipinski definition) is 0. The van der Waals surface area contributed by atoms with E-state index in [4.69, 9.17) is 0 Å². The standard InChI is InChI=1S/C16H29/c1-2-3-4-5-6-7-8-10-13-16-14-11-9-12-15-16/h10,13H,2-9,11-12,14-15H2,1H3. The molecular formula is C16H29. The zero-order valence-electron chi connectivity index (χ0n) is 11.1. The highest BCUT2D eigenvalue weighted by atomic mass is 14.1. The molecule has 0 aromatic heterocycles. The second-order valence-electron chi connectivity index (χ2n) is 5.18. The summed E-state index contributed by atoms with van der Waals surface area (Å²) in [6.07, 6.45) is 21.7. The Kier molecular flexibility index (Phi) is 8.57. The van der Waals surface area contributed by atoms with Crippen LogP contribution in [0, 0.1) is 5.92 Å². The molecule has 1 fully saturated rings. The van der Waals surface area contributed by atoms with E-state index in [2.05, 4.69) is 19.1 Å². The number of unbranched alkanes of at least 4 members (excludes halogenated alkanes) is 6. The van der Waals surface area contributed by atoms with E-state index >= 15 is 0 Å². The molecular weight excluding hydrogens is 192 g/mol. The first-order chi connectivity index (χ1) is 7.93. The van der Waals surface area contributed by atoms with Crippen LogP contribution in [-0.2, 0) is 0 Å². The van der Waals surface area contributed by atoms with Crippen molar-refractivity contribution in [3.8, 4) is 0 Å². The minimum atomic E-state index is 1.30. The van der Waals surface area contributed by atoms with Gasteiger partial charge in [0.25, 0.3) is 0 Å². The molecule has 0 nitrogen and oxygen atoms in total. The van der Waals surface area contributed by atoms with Gasteiger partial charge in [0.15, 0.2) is 0 Å². The zero-order chi connectivity index (χ0) is 11.5. The highest BCUT2D eigenvalue weighted by Gasteiger charge is 2.09. The summed E-state index contributed by atoms with van der Waals surface area (Å²) in [6, 6.07) is 0. The Balaban J connectivity index is 1.87. The summed E-state index contributed by atoms with van der Waals surface area (Å²) in [4.78, 5) is 0. The Morgan fingerprint density at radius 2 is 1.56 bits per heavy atom. The van der Waals surface area contributed by atoms with Crippen LogP contribution in [0.3, 0.4) is 0 Å². The normalized spacial score (nSPS) is 18.3. The van der Waals surface area contributed by atoms with E-state index in [-0.39, 0.29) is 0 Å². The van der Waals surface area contributed by atoms with E-state index < -0.39 is 0 Å². The Hall–Kier alpha value is -0.260. The van der Waals surface area contributed by atoms with Gasteiger partial charge in [0, 0.05) is 0 Å². The van der Waals surface area contributed by atoms with Crippen molar-refractivity contribution in [1.29, 1.82) is 0 Å². The smallest absolute Gasteiger partial charge is 0.00273 e. The Morgan fingerprint density at radius 1 is 0.875 bits per heavy atom. The van der Waals surface area contributed by atoms with Crippen LogP contribution in [0.15, 0.2) is 12.2 Å². The van der Waals surface area contributed by atoms with Crippen LogP contribution < -0.4 is 0 Å². The van der Waals surface area contributed by atoms with E-state index in [1.54, 1.807) is 5.92 Å². The van der Waals surface area contributed by atoms with E-state index in [1.165, 1.54) is 77.0 Å². The summed E-state index contributed by atoms with van der Waals surface area (Å²) < 4.78 is 0. The van der Waals surface area contributed by atoms with Crippen molar-refractivity contribution >= 4 is 0 Å². The van der Waals surface area contributed by atoms with Gasteiger partial charge in [-0.15, -0.1) is 0 Å². The number of allylic oxidation sites excluding steroid dienone is 2. The maximum Gasteiger partial charge on any atom is -0.00273 e. The van der Waals surface area contributed by atoms with Crippen molar-refractivity contribution in [2.75, 3.05) is 0 Å². The molecule has 1 saturated carbocycles. The highest BCUT2D eigenvalue weighted by molar-refractivity contribution is 5.10. The summed E-state index contributed by atoms with van der Waals surface area (Å²) in [5, 5.41) is 0. The molecule has 0 heterocycles. The largest absolute Gasteiger partial charge is 0.0879 e. The highest BCUT2D eigenvalue weighted by Crippen LogP contribution is 2.26. The molecule has 1 radical (unpaired) electrons. The minimum absolute atomic E-state index is 1.30. The Bertz CT molecular complexity index is 163. The van der Waals surface area contributed by atoms with Crippen LogP contribution in [0.5, 0.6) is 0 Å². The molecule has 1 aliphatic carbocycles. The predicted octanol–water partition coefficient (Wildman–Crippen LogP) is 5.83. The lowest BCUT2D eigenvalue weighted by Crippen LogP contribution is -2.00. The first-order valence-electron chi connectivity index (χ1n) is 7.44. The molecule has 0 aliphatic heterocycles. The molecule has 0 spiro atoms. The fourth-order valence-corrected chi connectivity index (χ4v) is 2.47. The van der Waals surface area contributed by atoms with Crippen LogP contribution in [0.4, 0.5) is 0 Å². The van der Waals surface area contributed by atoms with Crippen molar-refractivity contribution < 1.29 is 0 Å². The third kappa shape index (κ3) is 7.09. The van der Waals surface area contributed by atoms with Gasteiger partial charge in [0.1, 0.15) is 0 Å². The molecule has 93 valence electrons. The molecule has 0 atom stereocenters. The van der Waals surface area contributed by atoms with Gasteiger partial charge < -0.3 is 0 Å². The SMILES string of the molecule is CCCCCCCCC=C[C]1CCCCC1. The van der Waals surface area contributed by atoms with Crippen molar-refractivity contribution in [3.63, 3.8) is 0 Å². The van der Waals surface area contributed by atoms with Gasteiger partial charge in [0.05, 0.1) is 0 Å². The van der Waals surface area contributed by atoms with Gasteiger partial charge in [-0.25, -0.2) is 0 Å². The summed E-state index contributed by atoms with van der Waals surface area (Å²) >= 11 is 0. The van der Waals surface area contributed by atoms with Crippen LogP contribution >= 0.6 is 0 Å². The Morgan fingerprint density at radius 3 is 2.31 bits per heavy atom. The quantitative estimate of drug-likeness (QED) is 0.452. The summed E-state index contributed by atoms with van der Waals surface area (Å²) in [6.45, 7) is 2.28. The Labute approximate surface area is 103 Å².